The van der Waals surface area contributed by atoms with Crippen LogP contribution in [0.3, 0.4) is 0 Å². The molecule has 46 heavy (non-hydrogen) atoms. The molecule has 1 aliphatic rings. The second-order valence-corrected chi connectivity index (χ2v) is 10.8. The molecule has 0 atom stereocenters. The van der Waals surface area contributed by atoms with Crippen LogP contribution in [0.1, 0.15) is 16.7 Å². The van der Waals surface area contributed by atoms with Crippen LogP contribution in [0.4, 0.5) is 46.9 Å². The number of carbonyl (C=O) groups excluding carboxylic acids is 2. The number of aryl methyl sites for hydroxylation is 1. The van der Waals surface area contributed by atoms with Gasteiger partial charge in [-0.15, -0.1) is 5.10 Å². The van der Waals surface area contributed by atoms with Gasteiger partial charge in [0.25, 0.3) is 0 Å². The van der Waals surface area contributed by atoms with Gasteiger partial charge >= 0.3 is 18.4 Å². The van der Waals surface area contributed by atoms with Gasteiger partial charge < -0.3 is 10.1 Å². The Labute approximate surface area is 260 Å². The number of halogens is 7. The van der Waals surface area contributed by atoms with E-state index in [1.54, 1.807) is 19.1 Å². The van der Waals surface area contributed by atoms with Crippen molar-refractivity contribution < 1.29 is 45.1 Å². The monoisotopic (exact) mass is 666 g/mol. The van der Waals surface area contributed by atoms with E-state index in [-0.39, 0.29) is 39.4 Å². The topological polar surface area (TPSA) is 102 Å². The van der Waals surface area contributed by atoms with Gasteiger partial charge in [-0.05, 0) is 42.8 Å². The molecule has 1 fully saturated rings. The van der Waals surface area contributed by atoms with Crippen LogP contribution >= 0.6 is 11.8 Å². The SMILES string of the molecule is Cc1ccc(COCC(F)(F)F)c(N2C(=O)CS/C2=N\C(=O)Nc2ccc(-n3cnc(-c4ccc(C(F)(F)F)cc4)n3)cc2F)c1. The summed E-state index contributed by atoms with van der Waals surface area (Å²) in [4.78, 5) is 34.6. The van der Waals surface area contributed by atoms with E-state index in [1.165, 1.54) is 41.3 Å². The number of ether oxygens (including phenoxy) is 1. The minimum Gasteiger partial charge on any atom is -0.367 e. The lowest BCUT2D eigenvalue weighted by atomic mass is 10.1. The normalized spacial score (nSPS) is 14.7. The number of urea groups is 1. The number of aliphatic imine (C=N–C) groups is 1. The van der Waals surface area contributed by atoms with Gasteiger partial charge in [-0.1, -0.05) is 36.0 Å². The van der Waals surface area contributed by atoms with Crippen molar-refractivity contribution in [2.45, 2.75) is 25.9 Å². The van der Waals surface area contributed by atoms with Crippen LogP contribution in [0.2, 0.25) is 0 Å². The van der Waals surface area contributed by atoms with E-state index in [1.807, 2.05) is 0 Å². The summed E-state index contributed by atoms with van der Waals surface area (Å²) in [6.07, 6.45) is -7.81. The van der Waals surface area contributed by atoms with Crippen LogP contribution in [-0.2, 0) is 22.3 Å². The third-order valence-electron chi connectivity index (χ3n) is 6.39. The van der Waals surface area contributed by atoms with Crippen molar-refractivity contribution in [2.24, 2.45) is 4.99 Å². The fourth-order valence-corrected chi connectivity index (χ4v) is 5.13. The molecule has 1 aliphatic heterocycles. The Balaban J connectivity index is 1.30. The minimum atomic E-state index is -4.55. The summed E-state index contributed by atoms with van der Waals surface area (Å²) < 4.78 is 97.3. The molecule has 0 saturated carbocycles. The van der Waals surface area contributed by atoms with Crippen LogP contribution in [0.25, 0.3) is 17.1 Å². The summed E-state index contributed by atoms with van der Waals surface area (Å²) in [5.41, 5.74) is 0.538. The van der Waals surface area contributed by atoms with E-state index < -0.39 is 48.9 Å². The van der Waals surface area contributed by atoms with Crippen molar-refractivity contribution in [1.82, 2.24) is 14.8 Å². The van der Waals surface area contributed by atoms with Gasteiger partial charge in [-0.2, -0.15) is 31.3 Å². The first-order valence-electron chi connectivity index (χ1n) is 13.2. The van der Waals surface area contributed by atoms with Crippen LogP contribution in [0, 0.1) is 12.7 Å². The van der Waals surface area contributed by atoms with E-state index in [0.717, 1.165) is 34.9 Å². The number of carbonyl (C=O) groups is 2. The predicted molar refractivity (Wildman–Crippen MR) is 155 cm³/mol. The van der Waals surface area contributed by atoms with Crippen molar-refractivity contribution >= 4 is 40.2 Å². The molecule has 4 aromatic rings. The van der Waals surface area contributed by atoms with Gasteiger partial charge in [0.05, 0.1) is 35.0 Å². The van der Waals surface area contributed by atoms with Crippen LogP contribution in [0.15, 0.2) is 72.0 Å². The fourth-order valence-electron chi connectivity index (χ4n) is 4.27. The molecule has 5 rings (SSSR count). The zero-order valence-electron chi connectivity index (χ0n) is 23.5. The average molecular weight is 667 g/mol. The summed E-state index contributed by atoms with van der Waals surface area (Å²) in [5.74, 6) is -1.36. The zero-order chi connectivity index (χ0) is 33.2. The summed E-state index contributed by atoms with van der Waals surface area (Å²) in [6.45, 7) is -0.242. The third-order valence-corrected chi connectivity index (χ3v) is 7.31. The highest BCUT2D eigenvalue weighted by Gasteiger charge is 2.33. The maximum atomic E-state index is 15.0. The Bertz CT molecular complexity index is 1810. The molecular weight excluding hydrogens is 645 g/mol. The number of nitrogens with one attached hydrogen (secondary N) is 1. The number of benzene rings is 3. The molecular formula is C29H21F7N6O3S. The Morgan fingerprint density at radius 2 is 1.78 bits per heavy atom. The molecule has 3 aromatic carbocycles. The highest BCUT2D eigenvalue weighted by Crippen LogP contribution is 2.33. The van der Waals surface area contributed by atoms with Crippen molar-refractivity contribution in [1.29, 1.82) is 0 Å². The molecule has 0 radical (unpaired) electrons. The van der Waals surface area contributed by atoms with Crippen LogP contribution < -0.4 is 10.2 Å². The van der Waals surface area contributed by atoms with E-state index >= 15 is 4.39 Å². The molecule has 17 heteroatoms. The summed E-state index contributed by atoms with van der Waals surface area (Å²) >= 11 is 0.918. The highest BCUT2D eigenvalue weighted by atomic mass is 32.2. The first-order valence-corrected chi connectivity index (χ1v) is 14.2. The molecule has 1 N–H and O–H groups in total. The van der Waals surface area contributed by atoms with Crippen LogP contribution in [0.5, 0.6) is 0 Å². The largest absolute Gasteiger partial charge is 0.416 e. The molecule has 9 nitrogen and oxygen atoms in total. The number of hydrogen-bond acceptors (Lipinski definition) is 6. The molecule has 0 spiro atoms. The van der Waals surface area contributed by atoms with Crippen molar-refractivity contribution in [3.63, 3.8) is 0 Å². The van der Waals surface area contributed by atoms with E-state index in [4.69, 9.17) is 4.74 Å². The standard InChI is InChI=1S/C29H21F7N6O3S/c1-16-2-3-18(12-45-14-28(31,32)33)23(10-16)42-24(43)13-46-27(42)39-26(44)38-22-9-8-20(11-21(22)30)41-15-37-25(40-41)17-4-6-19(7-5-17)29(34,35)36/h2-11,15H,12-14H2,1H3,(H,38,44)/b39-27-. The number of thioether (sulfide) groups is 1. The Kier molecular flexibility index (Phi) is 9.16. The zero-order valence-corrected chi connectivity index (χ0v) is 24.3. The number of nitrogens with zero attached hydrogens (tertiary/aromatic N) is 5. The molecule has 2 heterocycles. The summed E-state index contributed by atoms with van der Waals surface area (Å²) in [7, 11) is 0. The smallest absolute Gasteiger partial charge is 0.367 e. The minimum absolute atomic E-state index is 0.0689. The number of amides is 3. The summed E-state index contributed by atoms with van der Waals surface area (Å²) in [5, 5.41) is 6.39. The molecule has 1 saturated heterocycles. The lowest BCUT2D eigenvalue weighted by Crippen LogP contribution is -2.31. The Morgan fingerprint density at radius 3 is 2.46 bits per heavy atom. The number of hydrogen-bond donors (Lipinski definition) is 1. The van der Waals surface area contributed by atoms with Crippen molar-refractivity contribution in [3.8, 4) is 17.1 Å². The van der Waals surface area contributed by atoms with Crippen LogP contribution in [-0.4, -0.2) is 50.4 Å². The van der Waals surface area contributed by atoms with E-state index in [0.29, 0.717) is 11.1 Å². The molecule has 0 bridgehead atoms. The van der Waals surface area contributed by atoms with Gasteiger partial charge in [0.1, 0.15) is 18.8 Å². The van der Waals surface area contributed by atoms with Crippen molar-refractivity contribution in [2.75, 3.05) is 22.6 Å². The van der Waals surface area contributed by atoms with Gasteiger partial charge in [0.2, 0.25) is 5.91 Å². The van der Waals surface area contributed by atoms with Gasteiger partial charge in [0, 0.05) is 17.2 Å². The lowest BCUT2D eigenvalue weighted by Gasteiger charge is -2.21. The second-order valence-electron chi connectivity index (χ2n) is 9.83. The number of amidine groups is 1. The Hall–Kier alpha value is -4.77. The maximum absolute atomic E-state index is 15.0. The van der Waals surface area contributed by atoms with Gasteiger partial charge in [0.15, 0.2) is 11.0 Å². The van der Waals surface area contributed by atoms with E-state index in [2.05, 4.69) is 20.4 Å². The number of anilines is 2. The number of alkyl halides is 6. The van der Waals surface area contributed by atoms with Gasteiger partial charge in [-0.3, -0.25) is 9.69 Å². The first-order chi connectivity index (χ1) is 21.7. The predicted octanol–water partition coefficient (Wildman–Crippen LogP) is 7.15. The molecule has 0 unspecified atom stereocenters. The first kappa shape index (κ1) is 32.6. The molecule has 3 amide bonds. The molecule has 240 valence electrons. The quantitative estimate of drug-likeness (QED) is 0.210. The molecule has 1 aromatic heterocycles. The summed E-state index contributed by atoms with van der Waals surface area (Å²) in [6, 6.07) is 11.5. The maximum Gasteiger partial charge on any atom is 0.416 e. The van der Waals surface area contributed by atoms with Gasteiger partial charge in [-0.25, -0.2) is 18.9 Å². The highest BCUT2D eigenvalue weighted by molar-refractivity contribution is 8.15. The number of aromatic nitrogens is 3. The Morgan fingerprint density at radius 1 is 1.04 bits per heavy atom. The fraction of sp³-hybridized carbons (Fsp3) is 0.207. The lowest BCUT2D eigenvalue weighted by molar-refractivity contribution is -0.176. The third kappa shape index (κ3) is 7.71. The molecule has 0 aliphatic carbocycles. The van der Waals surface area contributed by atoms with Crippen molar-refractivity contribution in [3.05, 3.63) is 89.5 Å². The average Bonchev–Trinajstić information content (AvgIpc) is 3.61. The van der Waals surface area contributed by atoms with E-state index in [9.17, 15) is 35.9 Å². The second kappa shape index (κ2) is 12.9. The number of rotatable bonds is 7.